The molecule has 2 aromatic rings. The quantitative estimate of drug-likeness (QED) is 0.711. The van der Waals surface area contributed by atoms with Gasteiger partial charge in [-0.15, -0.1) is 0 Å². The Morgan fingerprint density at radius 1 is 1.53 bits per heavy atom. The van der Waals surface area contributed by atoms with Crippen LogP contribution in [0.3, 0.4) is 0 Å². The average molecular weight is 205 g/mol. The number of aromatic carboxylic acids is 1. The molecule has 7 nitrogen and oxygen atoms in total. The fraction of sp³-hybridized carbons (Fsp3) is 0. The van der Waals surface area contributed by atoms with Crippen LogP contribution in [-0.4, -0.2) is 30.8 Å². The third-order valence-electron chi connectivity index (χ3n) is 1.74. The molecule has 15 heavy (non-hydrogen) atoms. The number of anilines is 1. The normalized spacial score (nSPS) is 10.1. The molecule has 0 saturated heterocycles. The van der Waals surface area contributed by atoms with Crippen LogP contribution in [0.15, 0.2) is 24.7 Å². The Morgan fingerprint density at radius 2 is 2.33 bits per heavy atom. The highest BCUT2D eigenvalue weighted by molar-refractivity contribution is 5.86. The van der Waals surface area contributed by atoms with Gasteiger partial charge in [0.25, 0.3) is 0 Å². The molecule has 0 aliphatic carbocycles. The summed E-state index contributed by atoms with van der Waals surface area (Å²) in [6.07, 6.45) is 2.85. The van der Waals surface area contributed by atoms with E-state index in [0.717, 1.165) is 0 Å². The monoisotopic (exact) mass is 205 g/mol. The maximum absolute atomic E-state index is 10.6. The lowest BCUT2D eigenvalue weighted by atomic mass is 10.4. The van der Waals surface area contributed by atoms with Gasteiger partial charge in [0.2, 0.25) is 0 Å². The van der Waals surface area contributed by atoms with Gasteiger partial charge in [-0.25, -0.2) is 14.8 Å². The zero-order chi connectivity index (χ0) is 10.8. The molecule has 0 spiro atoms. The van der Waals surface area contributed by atoms with E-state index in [-0.39, 0.29) is 11.5 Å². The molecule has 0 aliphatic rings. The zero-order valence-electron chi connectivity index (χ0n) is 7.53. The van der Waals surface area contributed by atoms with E-state index in [2.05, 4.69) is 15.1 Å². The number of hydrogen-bond acceptors (Lipinski definition) is 5. The average Bonchev–Trinajstić information content (AvgIpc) is 2.62. The number of carboxylic acids is 1. The molecule has 0 aromatic carbocycles. The predicted octanol–water partition coefficient (Wildman–Crippen LogP) is -0.0573. The Balaban J connectivity index is 2.50. The highest BCUT2D eigenvalue weighted by Crippen LogP contribution is 2.11. The van der Waals surface area contributed by atoms with Crippen LogP contribution in [0.2, 0.25) is 0 Å². The number of carbonyl (C=O) groups is 1. The summed E-state index contributed by atoms with van der Waals surface area (Å²) in [5.74, 6) is -0.490. The van der Waals surface area contributed by atoms with Gasteiger partial charge in [0.05, 0.1) is 0 Å². The molecule has 0 saturated carbocycles. The van der Waals surface area contributed by atoms with Crippen molar-refractivity contribution in [1.82, 2.24) is 19.7 Å². The number of rotatable bonds is 2. The number of nitrogen functional groups attached to an aromatic ring is 1. The molecule has 0 aliphatic heterocycles. The minimum absolute atomic E-state index is 0.119. The molecule has 2 aromatic heterocycles. The van der Waals surface area contributed by atoms with Crippen LogP contribution in [0.5, 0.6) is 0 Å². The highest BCUT2D eigenvalue weighted by Gasteiger charge is 2.12. The third kappa shape index (κ3) is 1.62. The molecule has 76 valence electrons. The lowest BCUT2D eigenvalue weighted by Gasteiger charge is -2.00. The second-order valence-corrected chi connectivity index (χ2v) is 2.74. The zero-order valence-corrected chi connectivity index (χ0v) is 7.53. The minimum Gasteiger partial charge on any atom is -0.476 e. The van der Waals surface area contributed by atoms with Gasteiger partial charge in [0.15, 0.2) is 11.5 Å². The van der Waals surface area contributed by atoms with Crippen molar-refractivity contribution in [2.45, 2.75) is 0 Å². The number of nitrogens with two attached hydrogens (primary N) is 1. The summed E-state index contributed by atoms with van der Waals surface area (Å²) in [7, 11) is 0. The van der Waals surface area contributed by atoms with Crippen LogP contribution in [0.25, 0.3) is 5.82 Å². The van der Waals surface area contributed by atoms with E-state index in [4.69, 9.17) is 10.8 Å². The molecule has 0 radical (unpaired) electrons. The molecule has 0 unspecified atom stereocenters. The topological polar surface area (TPSA) is 107 Å². The summed E-state index contributed by atoms with van der Waals surface area (Å²) in [5.41, 5.74) is 5.47. The first-order valence-electron chi connectivity index (χ1n) is 4.03. The van der Waals surface area contributed by atoms with Gasteiger partial charge in [0, 0.05) is 18.3 Å². The summed E-state index contributed by atoms with van der Waals surface area (Å²) in [5, 5.41) is 12.5. The largest absolute Gasteiger partial charge is 0.476 e. The number of carboxylic acid groups (broad SMARTS) is 1. The Labute approximate surface area is 84.2 Å². The second kappa shape index (κ2) is 3.37. The van der Waals surface area contributed by atoms with Crippen LogP contribution in [0, 0.1) is 0 Å². The Kier molecular flexibility index (Phi) is 2.05. The van der Waals surface area contributed by atoms with E-state index in [0.29, 0.717) is 5.82 Å². The fourth-order valence-corrected chi connectivity index (χ4v) is 1.09. The van der Waals surface area contributed by atoms with Crippen molar-refractivity contribution >= 4 is 11.8 Å². The van der Waals surface area contributed by atoms with E-state index in [1.807, 2.05) is 0 Å². The third-order valence-corrected chi connectivity index (χ3v) is 1.74. The van der Waals surface area contributed by atoms with Gasteiger partial charge in [-0.2, -0.15) is 9.78 Å². The van der Waals surface area contributed by atoms with E-state index in [1.165, 1.54) is 23.3 Å². The van der Waals surface area contributed by atoms with Gasteiger partial charge < -0.3 is 10.8 Å². The first-order valence-corrected chi connectivity index (χ1v) is 4.03. The molecule has 0 amide bonds. The molecule has 2 rings (SSSR count). The minimum atomic E-state index is -1.13. The van der Waals surface area contributed by atoms with E-state index >= 15 is 0 Å². The Morgan fingerprint density at radius 3 is 2.87 bits per heavy atom. The maximum atomic E-state index is 10.6. The number of nitrogens with zero attached hydrogens (tertiary/aromatic N) is 4. The lowest BCUT2D eigenvalue weighted by molar-refractivity contribution is 0.0690. The van der Waals surface area contributed by atoms with Gasteiger partial charge in [-0.1, -0.05) is 0 Å². The Bertz CT molecular complexity index is 493. The second-order valence-electron chi connectivity index (χ2n) is 2.74. The number of hydrogen-bond donors (Lipinski definition) is 2. The molecule has 0 atom stereocenters. The van der Waals surface area contributed by atoms with Crippen molar-refractivity contribution in [3.63, 3.8) is 0 Å². The first kappa shape index (κ1) is 9.13. The van der Waals surface area contributed by atoms with Gasteiger partial charge in [0.1, 0.15) is 12.1 Å². The summed E-state index contributed by atoms with van der Waals surface area (Å²) in [6, 6.07) is 2.85. The van der Waals surface area contributed by atoms with Gasteiger partial charge in [-0.05, 0) is 0 Å². The summed E-state index contributed by atoms with van der Waals surface area (Å²) in [4.78, 5) is 18.3. The lowest BCUT2D eigenvalue weighted by Crippen LogP contribution is -2.05. The van der Waals surface area contributed by atoms with Crippen molar-refractivity contribution in [2.75, 3.05) is 5.73 Å². The van der Waals surface area contributed by atoms with E-state index < -0.39 is 5.97 Å². The van der Waals surface area contributed by atoms with Crippen molar-refractivity contribution in [3.05, 3.63) is 30.4 Å². The molecule has 3 N–H and O–H groups in total. The van der Waals surface area contributed by atoms with Gasteiger partial charge >= 0.3 is 5.97 Å². The van der Waals surface area contributed by atoms with Crippen molar-refractivity contribution < 1.29 is 9.90 Å². The standard InChI is InChI=1S/C8H7N5O2/c9-6-3-5(8(14)15)12-13(6)7-1-2-10-4-11-7/h1-4H,9H2,(H,14,15). The SMILES string of the molecule is Nc1cc(C(=O)O)nn1-c1ccncn1. The summed E-state index contributed by atoms with van der Waals surface area (Å²) >= 11 is 0. The molecule has 7 heteroatoms. The van der Waals surface area contributed by atoms with Crippen LogP contribution in [-0.2, 0) is 0 Å². The van der Waals surface area contributed by atoms with Crippen LogP contribution >= 0.6 is 0 Å². The molecular weight excluding hydrogens is 198 g/mol. The van der Waals surface area contributed by atoms with E-state index in [1.54, 1.807) is 6.07 Å². The van der Waals surface area contributed by atoms with E-state index in [9.17, 15) is 4.79 Å². The summed E-state index contributed by atoms with van der Waals surface area (Å²) < 4.78 is 1.24. The fourth-order valence-electron chi connectivity index (χ4n) is 1.09. The van der Waals surface area contributed by atoms with Crippen molar-refractivity contribution in [3.8, 4) is 5.82 Å². The van der Waals surface area contributed by atoms with Crippen LogP contribution < -0.4 is 5.73 Å². The molecule has 0 bridgehead atoms. The highest BCUT2D eigenvalue weighted by atomic mass is 16.4. The van der Waals surface area contributed by atoms with Crippen molar-refractivity contribution in [1.29, 1.82) is 0 Å². The van der Waals surface area contributed by atoms with Crippen LogP contribution in [0.1, 0.15) is 10.5 Å². The smallest absolute Gasteiger partial charge is 0.356 e. The predicted molar refractivity (Wildman–Crippen MR) is 50.5 cm³/mol. The van der Waals surface area contributed by atoms with Crippen molar-refractivity contribution in [2.24, 2.45) is 0 Å². The summed E-state index contributed by atoms with van der Waals surface area (Å²) in [6.45, 7) is 0. The number of aromatic nitrogens is 4. The maximum Gasteiger partial charge on any atom is 0.356 e. The van der Waals surface area contributed by atoms with Gasteiger partial charge in [-0.3, -0.25) is 0 Å². The van der Waals surface area contributed by atoms with Crippen LogP contribution in [0.4, 0.5) is 5.82 Å². The Hall–Kier alpha value is -2.44. The molecule has 2 heterocycles. The molecule has 0 fully saturated rings. The molecular formula is C8H7N5O2. The first-order chi connectivity index (χ1) is 7.18.